The summed E-state index contributed by atoms with van der Waals surface area (Å²) in [6, 6.07) is 5.32. The molecule has 2 N–H and O–H groups in total. The highest BCUT2D eigenvalue weighted by molar-refractivity contribution is 6.47. The second-order valence-electron chi connectivity index (χ2n) is 8.31. The first-order chi connectivity index (χ1) is 12.5. The van der Waals surface area contributed by atoms with Gasteiger partial charge < -0.3 is 24.6 Å². The van der Waals surface area contributed by atoms with E-state index >= 15 is 0 Å². The number of benzene rings is 1. The van der Waals surface area contributed by atoms with E-state index in [1.54, 1.807) is 26.0 Å². The lowest BCUT2D eigenvalue weighted by Gasteiger charge is -2.33. The van der Waals surface area contributed by atoms with Gasteiger partial charge in [0.2, 0.25) is 5.79 Å². The molecule has 1 aromatic carbocycles. The standard InChI is InChI=1S/C18H26BN3O5/c1-16(2)17(3,4)27-19(26-16)13(21-22-20)10-11-8-7-9-12-14(11)24-18(5,6)25-15(12)23/h7-9,13H,10H2,1-6H3,(H2,20,21)/t13-/m0/s1. The van der Waals surface area contributed by atoms with Crippen molar-refractivity contribution in [1.82, 2.24) is 0 Å². The number of carbonyl (C=O) groups excluding carboxylic acids is 1. The average molecular weight is 375 g/mol. The van der Waals surface area contributed by atoms with Gasteiger partial charge in [0.05, 0.1) is 11.2 Å². The lowest BCUT2D eigenvalue weighted by molar-refractivity contribution is -0.127. The van der Waals surface area contributed by atoms with Crippen LogP contribution in [-0.4, -0.2) is 36.0 Å². The Morgan fingerprint density at radius 3 is 2.30 bits per heavy atom. The molecule has 0 amide bonds. The van der Waals surface area contributed by atoms with Crippen LogP contribution in [0, 0.1) is 0 Å². The van der Waals surface area contributed by atoms with E-state index in [0.29, 0.717) is 17.7 Å². The van der Waals surface area contributed by atoms with E-state index in [-0.39, 0.29) is 0 Å². The zero-order valence-electron chi connectivity index (χ0n) is 16.6. The summed E-state index contributed by atoms with van der Waals surface area (Å²) in [6.07, 6.45) is 0.379. The van der Waals surface area contributed by atoms with Gasteiger partial charge in [0, 0.05) is 13.8 Å². The van der Waals surface area contributed by atoms with Crippen molar-refractivity contribution in [1.29, 1.82) is 0 Å². The minimum Gasteiger partial charge on any atom is -0.452 e. The zero-order chi connectivity index (χ0) is 20.0. The first kappa shape index (κ1) is 19.6. The smallest absolute Gasteiger partial charge is 0.452 e. The summed E-state index contributed by atoms with van der Waals surface area (Å²) in [7, 11) is -0.623. The number of ether oxygens (including phenoxy) is 2. The molecule has 8 nitrogen and oxygen atoms in total. The van der Waals surface area contributed by atoms with Crippen LogP contribution in [0.4, 0.5) is 0 Å². The van der Waals surface area contributed by atoms with Crippen molar-refractivity contribution >= 4 is 13.1 Å². The summed E-state index contributed by atoms with van der Waals surface area (Å²) in [5.41, 5.74) is 0.158. The van der Waals surface area contributed by atoms with Crippen molar-refractivity contribution in [2.75, 3.05) is 0 Å². The number of cyclic esters (lactones) is 1. The molecule has 146 valence electrons. The van der Waals surface area contributed by atoms with Gasteiger partial charge >= 0.3 is 13.1 Å². The first-order valence-electron chi connectivity index (χ1n) is 8.96. The predicted molar refractivity (Wildman–Crippen MR) is 99.2 cm³/mol. The van der Waals surface area contributed by atoms with Crippen molar-refractivity contribution in [3.05, 3.63) is 29.3 Å². The van der Waals surface area contributed by atoms with E-state index < -0.39 is 36.0 Å². The van der Waals surface area contributed by atoms with E-state index in [0.717, 1.165) is 5.56 Å². The number of esters is 1. The van der Waals surface area contributed by atoms with E-state index in [1.165, 1.54) is 0 Å². The molecule has 3 rings (SSSR count). The number of hydrogen-bond donors (Lipinski definition) is 1. The Morgan fingerprint density at radius 1 is 1.07 bits per heavy atom. The maximum Gasteiger partial charge on any atom is 0.486 e. The second kappa shape index (κ2) is 6.49. The maximum atomic E-state index is 12.3. The fourth-order valence-electron chi connectivity index (χ4n) is 3.12. The molecule has 0 radical (unpaired) electrons. The molecule has 0 saturated carbocycles. The van der Waals surface area contributed by atoms with Crippen LogP contribution in [0.15, 0.2) is 28.5 Å². The van der Waals surface area contributed by atoms with Crippen LogP contribution >= 0.6 is 0 Å². The van der Waals surface area contributed by atoms with E-state index in [2.05, 4.69) is 10.3 Å². The third-order valence-corrected chi connectivity index (χ3v) is 5.23. The number of nitrogens with zero attached hydrogens (tertiary/aromatic N) is 2. The Labute approximate surface area is 159 Å². The van der Waals surface area contributed by atoms with Gasteiger partial charge in [-0.3, -0.25) is 0 Å². The van der Waals surface area contributed by atoms with Crippen LogP contribution < -0.4 is 10.6 Å². The molecule has 1 atom stereocenters. The number of rotatable bonds is 4. The highest BCUT2D eigenvalue weighted by Gasteiger charge is 2.54. The summed E-state index contributed by atoms with van der Waals surface area (Å²) >= 11 is 0. The first-order valence-corrected chi connectivity index (χ1v) is 8.96. The number of carbonyl (C=O) groups is 1. The Balaban J connectivity index is 1.91. The molecule has 0 spiro atoms. The summed E-state index contributed by atoms with van der Waals surface area (Å²) in [6.45, 7) is 11.3. The summed E-state index contributed by atoms with van der Waals surface area (Å²) in [4.78, 5) is 12.3. The van der Waals surface area contributed by atoms with Crippen molar-refractivity contribution in [2.24, 2.45) is 16.2 Å². The normalized spacial score (nSPS) is 23.6. The molecule has 0 aliphatic carbocycles. The number of para-hydroxylation sites is 1. The van der Waals surface area contributed by atoms with Crippen LogP contribution in [0.25, 0.3) is 0 Å². The van der Waals surface area contributed by atoms with Crippen molar-refractivity contribution in [2.45, 2.75) is 70.9 Å². The highest BCUT2D eigenvalue weighted by Crippen LogP contribution is 2.40. The van der Waals surface area contributed by atoms with Crippen LogP contribution in [0.5, 0.6) is 5.75 Å². The lowest BCUT2D eigenvalue weighted by Crippen LogP contribution is -2.41. The largest absolute Gasteiger partial charge is 0.486 e. The van der Waals surface area contributed by atoms with Gasteiger partial charge in [0.1, 0.15) is 17.3 Å². The molecule has 1 saturated heterocycles. The molecule has 27 heavy (non-hydrogen) atoms. The Hall–Kier alpha value is -2.13. The quantitative estimate of drug-likeness (QED) is 0.285. The Morgan fingerprint density at radius 2 is 1.70 bits per heavy atom. The number of fused-ring (bicyclic) bond motifs is 1. The lowest BCUT2D eigenvalue weighted by atomic mass is 9.75. The van der Waals surface area contributed by atoms with E-state index in [9.17, 15) is 4.79 Å². The number of nitrogens with two attached hydrogens (primary N) is 1. The maximum absolute atomic E-state index is 12.3. The Kier molecular flexibility index (Phi) is 4.72. The fourth-order valence-corrected chi connectivity index (χ4v) is 3.12. The molecule has 2 aliphatic rings. The summed E-state index contributed by atoms with van der Waals surface area (Å²) < 4.78 is 23.4. The van der Waals surface area contributed by atoms with Gasteiger partial charge in [0.15, 0.2) is 0 Å². The third-order valence-electron chi connectivity index (χ3n) is 5.23. The summed E-state index contributed by atoms with van der Waals surface area (Å²) in [5.74, 6) is 3.85. The zero-order valence-corrected chi connectivity index (χ0v) is 16.6. The number of hydrogen-bond acceptors (Lipinski definition) is 7. The van der Waals surface area contributed by atoms with Crippen LogP contribution in [0.3, 0.4) is 0 Å². The minimum absolute atomic E-state index is 0.379. The molecular weight excluding hydrogens is 349 g/mol. The van der Waals surface area contributed by atoms with Crippen molar-refractivity contribution < 1.29 is 23.6 Å². The summed E-state index contributed by atoms with van der Waals surface area (Å²) in [5, 5.41) is 7.58. The average Bonchev–Trinajstić information content (AvgIpc) is 2.74. The molecule has 0 unspecified atom stereocenters. The minimum atomic E-state index is -1.05. The van der Waals surface area contributed by atoms with Gasteiger partial charge in [-0.05, 0) is 45.7 Å². The highest BCUT2D eigenvalue weighted by atomic mass is 16.7. The van der Waals surface area contributed by atoms with Crippen LogP contribution in [0.1, 0.15) is 57.5 Å². The molecule has 1 aromatic rings. The molecule has 0 aromatic heterocycles. The van der Waals surface area contributed by atoms with Gasteiger partial charge in [-0.1, -0.05) is 17.4 Å². The monoisotopic (exact) mass is 375 g/mol. The fraction of sp³-hybridized carbons (Fsp3) is 0.611. The van der Waals surface area contributed by atoms with E-state index in [4.69, 9.17) is 24.6 Å². The van der Waals surface area contributed by atoms with Crippen molar-refractivity contribution in [3.63, 3.8) is 0 Å². The molecule has 0 bridgehead atoms. The molecule has 2 aliphatic heterocycles. The van der Waals surface area contributed by atoms with Crippen molar-refractivity contribution in [3.8, 4) is 5.75 Å². The topological polar surface area (TPSA) is 105 Å². The van der Waals surface area contributed by atoms with Gasteiger partial charge in [0.25, 0.3) is 0 Å². The molecule has 2 heterocycles. The van der Waals surface area contributed by atoms with Gasteiger partial charge in [-0.15, -0.1) is 0 Å². The predicted octanol–water partition coefficient (Wildman–Crippen LogP) is 2.84. The van der Waals surface area contributed by atoms with Crippen LogP contribution in [-0.2, 0) is 20.5 Å². The van der Waals surface area contributed by atoms with Crippen LogP contribution in [0.2, 0.25) is 0 Å². The Bertz CT molecular complexity index is 762. The second-order valence-corrected chi connectivity index (χ2v) is 8.31. The third kappa shape index (κ3) is 3.66. The SMILES string of the molecule is CC1(C)OC(=O)c2cccc(C[C@H](N=NN)B3OC(C)(C)C(C)(C)O3)c2O1. The molecule has 9 heteroatoms. The molecular formula is C18H26BN3O5. The van der Waals surface area contributed by atoms with E-state index in [1.807, 2.05) is 33.8 Å². The van der Waals surface area contributed by atoms with Gasteiger partial charge in [-0.25, -0.2) is 4.79 Å². The van der Waals surface area contributed by atoms with Gasteiger partial charge in [-0.2, -0.15) is 5.11 Å². The molecule has 1 fully saturated rings.